The largest absolute Gasteiger partial charge is 0.335 e. The Balaban J connectivity index is 1.52. The number of amides is 2. The highest BCUT2D eigenvalue weighted by molar-refractivity contribution is 5.97. The van der Waals surface area contributed by atoms with E-state index in [9.17, 15) is 9.59 Å². The van der Waals surface area contributed by atoms with Gasteiger partial charge in [0.25, 0.3) is 5.91 Å². The van der Waals surface area contributed by atoms with E-state index in [4.69, 9.17) is 0 Å². The van der Waals surface area contributed by atoms with Gasteiger partial charge in [-0.25, -0.2) is 4.98 Å². The van der Waals surface area contributed by atoms with Crippen LogP contribution in [0.25, 0.3) is 0 Å². The van der Waals surface area contributed by atoms with E-state index in [0.29, 0.717) is 17.4 Å². The number of nitrogens with zero attached hydrogens (tertiary/aromatic N) is 2. The van der Waals surface area contributed by atoms with Crippen LogP contribution in [0, 0.1) is 16.7 Å². The van der Waals surface area contributed by atoms with Gasteiger partial charge in [0, 0.05) is 30.3 Å². The molecule has 1 N–H and O–H groups in total. The quantitative estimate of drug-likeness (QED) is 0.915. The maximum atomic E-state index is 13.1. The highest BCUT2D eigenvalue weighted by Gasteiger charge is 2.51. The third-order valence-corrected chi connectivity index (χ3v) is 5.88. The molecule has 1 aromatic rings. The van der Waals surface area contributed by atoms with Gasteiger partial charge in [-0.15, -0.1) is 0 Å². The van der Waals surface area contributed by atoms with Crippen molar-refractivity contribution in [2.75, 3.05) is 11.9 Å². The van der Waals surface area contributed by atoms with Crippen molar-refractivity contribution in [2.45, 2.75) is 58.9 Å². The minimum atomic E-state index is 0.0170. The molecule has 5 nitrogen and oxygen atoms in total. The van der Waals surface area contributed by atoms with Crippen LogP contribution in [0.5, 0.6) is 0 Å². The summed E-state index contributed by atoms with van der Waals surface area (Å²) >= 11 is 0. The first-order chi connectivity index (χ1) is 11.7. The number of hydrogen-bond acceptors (Lipinski definition) is 3. The number of carbonyl (C=O) groups is 2. The molecule has 5 heteroatoms. The zero-order chi connectivity index (χ0) is 17.8. The van der Waals surface area contributed by atoms with E-state index < -0.39 is 0 Å². The Morgan fingerprint density at radius 3 is 2.72 bits per heavy atom. The number of hydrogen-bond donors (Lipinski definition) is 1. The van der Waals surface area contributed by atoms with Gasteiger partial charge in [0.2, 0.25) is 5.91 Å². The Hall–Kier alpha value is -1.91. The lowest BCUT2D eigenvalue weighted by Gasteiger charge is -2.39. The normalized spacial score (nSPS) is 30.2. The molecule has 134 valence electrons. The predicted molar refractivity (Wildman–Crippen MR) is 96.2 cm³/mol. The maximum Gasteiger partial charge on any atom is 0.254 e. The number of likely N-dealkylation sites (tertiary alicyclic amines) is 1. The summed E-state index contributed by atoms with van der Waals surface area (Å²) in [7, 11) is 0. The van der Waals surface area contributed by atoms with Crippen molar-refractivity contribution >= 4 is 17.6 Å². The molecule has 2 bridgehead atoms. The zero-order valence-electron chi connectivity index (χ0n) is 15.3. The number of nitrogens with one attached hydrogen (secondary N) is 1. The molecule has 2 atom stereocenters. The Kier molecular flexibility index (Phi) is 3.67. The van der Waals surface area contributed by atoms with Gasteiger partial charge in [-0.1, -0.05) is 20.8 Å². The van der Waals surface area contributed by atoms with Crippen LogP contribution in [0.3, 0.4) is 0 Å². The van der Waals surface area contributed by atoms with E-state index in [-0.39, 0.29) is 28.6 Å². The Labute approximate surface area is 149 Å². The molecular weight excluding hydrogens is 314 g/mol. The van der Waals surface area contributed by atoms with Crippen molar-refractivity contribution in [1.82, 2.24) is 9.88 Å². The Bertz CT molecular complexity index is 725. The Morgan fingerprint density at radius 1 is 1.24 bits per heavy atom. The number of aromatic nitrogens is 1. The molecule has 1 aliphatic heterocycles. The molecule has 2 amide bonds. The van der Waals surface area contributed by atoms with E-state index >= 15 is 0 Å². The summed E-state index contributed by atoms with van der Waals surface area (Å²) in [6.07, 6.45) is 6.84. The lowest BCUT2D eigenvalue weighted by molar-refractivity contribution is -0.117. The monoisotopic (exact) mass is 341 g/mol. The summed E-state index contributed by atoms with van der Waals surface area (Å²) in [6, 6.07) is 3.79. The second-order valence-electron chi connectivity index (χ2n) is 9.34. The summed E-state index contributed by atoms with van der Waals surface area (Å²) < 4.78 is 0. The van der Waals surface area contributed by atoms with Gasteiger partial charge in [-0.2, -0.15) is 0 Å². The van der Waals surface area contributed by atoms with Gasteiger partial charge >= 0.3 is 0 Å². The fraction of sp³-hybridized carbons (Fsp3) is 0.650. The molecule has 1 aromatic heterocycles. The first-order valence-electron chi connectivity index (χ1n) is 9.33. The van der Waals surface area contributed by atoms with Crippen molar-refractivity contribution < 1.29 is 9.59 Å². The van der Waals surface area contributed by atoms with E-state index in [0.717, 1.165) is 32.2 Å². The van der Waals surface area contributed by atoms with Crippen LogP contribution < -0.4 is 5.32 Å². The molecule has 2 saturated carbocycles. The number of carbonyl (C=O) groups excluding carboxylic acids is 2. The van der Waals surface area contributed by atoms with Crippen LogP contribution in [0.1, 0.15) is 63.2 Å². The fourth-order valence-electron chi connectivity index (χ4n) is 5.07. The van der Waals surface area contributed by atoms with Crippen molar-refractivity contribution in [3.63, 3.8) is 0 Å². The van der Waals surface area contributed by atoms with Crippen LogP contribution in [-0.2, 0) is 4.79 Å². The molecule has 2 heterocycles. The van der Waals surface area contributed by atoms with Gasteiger partial charge in [-0.05, 0) is 55.1 Å². The lowest BCUT2D eigenvalue weighted by Crippen LogP contribution is -2.37. The number of pyridine rings is 1. The van der Waals surface area contributed by atoms with Crippen LogP contribution >= 0.6 is 0 Å². The van der Waals surface area contributed by atoms with Crippen molar-refractivity contribution in [3.05, 3.63) is 23.9 Å². The molecule has 0 spiro atoms. The van der Waals surface area contributed by atoms with E-state index in [2.05, 4.69) is 36.0 Å². The fourth-order valence-corrected chi connectivity index (χ4v) is 5.07. The predicted octanol–water partition coefficient (Wildman–Crippen LogP) is 3.47. The van der Waals surface area contributed by atoms with E-state index in [1.807, 2.05) is 0 Å². The smallest absolute Gasteiger partial charge is 0.254 e. The van der Waals surface area contributed by atoms with Gasteiger partial charge < -0.3 is 10.2 Å². The highest BCUT2D eigenvalue weighted by atomic mass is 16.2. The average Bonchev–Trinajstić information content (AvgIpc) is 3.32. The SMILES string of the molecule is CC1(C)CC2CC(C)(CN2C(=O)c2ccnc(NC(=O)C3CC3)c2)C1. The zero-order valence-corrected chi connectivity index (χ0v) is 15.3. The Morgan fingerprint density at radius 2 is 2.00 bits per heavy atom. The third kappa shape index (κ3) is 3.29. The van der Waals surface area contributed by atoms with Gasteiger partial charge in [0.05, 0.1) is 0 Å². The molecule has 3 aliphatic rings. The molecule has 2 unspecified atom stereocenters. The van der Waals surface area contributed by atoms with E-state index in [1.54, 1.807) is 18.3 Å². The van der Waals surface area contributed by atoms with Crippen molar-refractivity contribution in [3.8, 4) is 0 Å². The van der Waals surface area contributed by atoms with Crippen molar-refractivity contribution in [1.29, 1.82) is 0 Å². The van der Waals surface area contributed by atoms with Gasteiger partial charge in [-0.3, -0.25) is 9.59 Å². The lowest BCUT2D eigenvalue weighted by atomic mass is 9.65. The average molecular weight is 341 g/mol. The maximum absolute atomic E-state index is 13.1. The number of rotatable bonds is 3. The molecule has 0 radical (unpaired) electrons. The summed E-state index contributed by atoms with van der Waals surface area (Å²) in [5, 5.41) is 2.84. The third-order valence-electron chi connectivity index (χ3n) is 5.88. The topological polar surface area (TPSA) is 62.3 Å². The van der Waals surface area contributed by atoms with Crippen LogP contribution in [0.2, 0.25) is 0 Å². The summed E-state index contributed by atoms with van der Waals surface area (Å²) in [5.74, 6) is 0.691. The number of fused-ring (bicyclic) bond motifs is 2. The first-order valence-corrected chi connectivity index (χ1v) is 9.33. The molecule has 0 aromatic carbocycles. The molecular formula is C20H27N3O2. The minimum Gasteiger partial charge on any atom is -0.335 e. The molecule has 25 heavy (non-hydrogen) atoms. The van der Waals surface area contributed by atoms with E-state index in [1.165, 1.54) is 6.42 Å². The minimum absolute atomic E-state index is 0.0170. The summed E-state index contributed by atoms with van der Waals surface area (Å²) in [4.78, 5) is 31.3. The highest BCUT2D eigenvalue weighted by Crippen LogP contribution is 2.52. The van der Waals surface area contributed by atoms with Crippen LogP contribution in [-0.4, -0.2) is 34.3 Å². The number of anilines is 1. The van der Waals surface area contributed by atoms with Gasteiger partial charge in [0.15, 0.2) is 0 Å². The molecule has 1 saturated heterocycles. The first kappa shape index (κ1) is 16.6. The molecule has 2 aliphatic carbocycles. The molecule has 3 fully saturated rings. The summed E-state index contributed by atoms with van der Waals surface area (Å²) in [6.45, 7) is 7.75. The summed E-state index contributed by atoms with van der Waals surface area (Å²) in [5.41, 5.74) is 1.13. The second-order valence-corrected chi connectivity index (χ2v) is 9.34. The van der Waals surface area contributed by atoms with Crippen LogP contribution in [0.15, 0.2) is 18.3 Å². The van der Waals surface area contributed by atoms with Gasteiger partial charge in [0.1, 0.15) is 5.82 Å². The van der Waals surface area contributed by atoms with Crippen LogP contribution in [0.4, 0.5) is 5.82 Å². The molecule has 4 rings (SSSR count). The van der Waals surface area contributed by atoms with Crippen molar-refractivity contribution in [2.24, 2.45) is 16.7 Å². The second kappa shape index (κ2) is 5.55. The standard InChI is InChI=1S/C20H27N3O2/c1-19(2)9-15-10-20(3,11-19)12-23(15)18(25)14-6-7-21-16(8-14)22-17(24)13-4-5-13/h6-8,13,15H,4-5,9-12H2,1-3H3,(H,21,22,24).